The number of benzene rings is 3. The van der Waals surface area contributed by atoms with E-state index in [0.717, 1.165) is 12.7 Å². The molecule has 3 amide bonds. The van der Waals surface area contributed by atoms with Gasteiger partial charge >= 0.3 is 30.0 Å². The summed E-state index contributed by atoms with van der Waals surface area (Å²) >= 11 is 6.03. The molecule has 5 rings (SSSR count). The topological polar surface area (TPSA) is 195 Å². The van der Waals surface area contributed by atoms with Gasteiger partial charge in [0, 0.05) is 22.8 Å². The highest BCUT2D eigenvalue weighted by atomic mass is 35.5. The third-order valence-electron chi connectivity index (χ3n) is 7.95. The second-order valence-electron chi connectivity index (χ2n) is 11.8. The zero-order chi connectivity index (χ0) is 38.9. The lowest BCUT2D eigenvalue weighted by Crippen LogP contribution is -2.44. The molecule has 1 aliphatic carbocycles. The van der Waals surface area contributed by atoms with E-state index in [2.05, 4.69) is 41.5 Å². The first kappa shape index (κ1) is 39.0. The lowest BCUT2D eigenvalue weighted by molar-refractivity contribution is -0.154. The number of halogens is 4. The number of esters is 1. The number of alkyl halides is 3. The van der Waals surface area contributed by atoms with Crippen LogP contribution in [0.3, 0.4) is 0 Å². The monoisotopic (exact) mass is 770 g/mol. The standard InChI is InChI=1S/C35H34ClF3N8O7/c1-52-26-6-4-3-5-24(26)42-29(50)28(49)40-18-15-25(30(51)53-2)43-27(48)20-7-13-23(14-8-20)41-31-44-32(46-33(45-31)54-19-35(37,38)39)47-34(16-17-34)21-9-11-22(36)12-10-21/h3-14,25H,15-19H2,1-2H3,(H,40,49)(H,42,50)(H,43,48)(H2,41,44,45,46,47)/t25-/m0/s1. The van der Waals surface area contributed by atoms with Crippen molar-refractivity contribution in [2.24, 2.45) is 0 Å². The van der Waals surface area contributed by atoms with Crippen molar-refractivity contribution in [2.75, 3.05) is 43.3 Å². The van der Waals surface area contributed by atoms with Gasteiger partial charge in [-0.1, -0.05) is 35.9 Å². The van der Waals surface area contributed by atoms with Crippen LogP contribution in [0.15, 0.2) is 72.8 Å². The number of carbonyl (C=O) groups excluding carboxylic acids is 4. The Hall–Kier alpha value is -6.17. The second-order valence-corrected chi connectivity index (χ2v) is 12.3. The van der Waals surface area contributed by atoms with Gasteiger partial charge < -0.3 is 40.8 Å². The maximum Gasteiger partial charge on any atom is 0.422 e. The number of rotatable bonds is 15. The van der Waals surface area contributed by atoms with Crippen molar-refractivity contribution in [1.82, 2.24) is 25.6 Å². The molecule has 1 heterocycles. The first-order valence-corrected chi connectivity index (χ1v) is 16.6. The molecule has 1 aliphatic rings. The predicted molar refractivity (Wildman–Crippen MR) is 190 cm³/mol. The smallest absolute Gasteiger partial charge is 0.422 e. The molecule has 0 spiro atoms. The van der Waals surface area contributed by atoms with E-state index in [0.29, 0.717) is 29.3 Å². The second kappa shape index (κ2) is 17.1. The number of methoxy groups -OCH3 is 2. The van der Waals surface area contributed by atoms with Gasteiger partial charge in [0.2, 0.25) is 11.9 Å². The molecule has 15 nitrogen and oxygen atoms in total. The molecule has 0 saturated heterocycles. The number of aromatic nitrogens is 3. The lowest BCUT2D eigenvalue weighted by Gasteiger charge is -2.19. The van der Waals surface area contributed by atoms with Gasteiger partial charge in [-0.05, 0) is 73.4 Å². The van der Waals surface area contributed by atoms with Gasteiger partial charge in [0.25, 0.3) is 5.91 Å². The summed E-state index contributed by atoms with van der Waals surface area (Å²) in [6.07, 6.45) is -3.34. The summed E-state index contributed by atoms with van der Waals surface area (Å²) in [6.45, 7) is -1.79. The maximum absolute atomic E-state index is 13.1. The van der Waals surface area contributed by atoms with Crippen LogP contribution in [0.5, 0.6) is 11.8 Å². The summed E-state index contributed by atoms with van der Waals surface area (Å²) in [4.78, 5) is 62.6. The van der Waals surface area contributed by atoms with E-state index in [1.165, 1.54) is 31.4 Å². The Kier molecular flexibility index (Phi) is 12.4. The van der Waals surface area contributed by atoms with Gasteiger partial charge in [-0.3, -0.25) is 14.4 Å². The van der Waals surface area contributed by atoms with Crippen molar-refractivity contribution in [3.63, 3.8) is 0 Å². The quantitative estimate of drug-likeness (QED) is 0.0825. The molecular formula is C35H34ClF3N8O7. The van der Waals surface area contributed by atoms with Crippen molar-refractivity contribution in [3.8, 4) is 11.8 Å². The number of carbonyl (C=O) groups is 4. The summed E-state index contributed by atoms with van der Waals surface area (Å²) in [7, 11) is 2.54. The highest BCUT2D eigenvalue weighted by Gasteiger charge is 2.45. The minimum atomic E-state index is -4.64. The molecule has 1 atom stereocenters. The number of amides is 3. The number of ether oxygens (including phenoxy) is 3. The average Bonchev–Trinajstić information content (AvgIpc) is 3.93. The Labute approximate surface area is 311 Å². The van der Waals surface area contributed by atoms with Gasteiger partial charge in [0.05, 0.1) is 25.4 Å². The minimum absolute atomic E-state index is 0.0322. The van der Waals surface area contributed by atoms with E-state index >= 15 is 0 Å². The molecule has 54 heavy (non-hydrogen) atoms. The summed E-state index contributed by atoms with van der Waals surface area (Å²) in [5, 5.41) is 14.0. The highest BCUT2D eigenvalue weighted by Crippen LogP contribution is 2.48. The van der Waals surface area contributed by atoms with Gasteiger partial charge in [0.15, 0.2) is 6.61 Å². The molecule has 1 aromatic heterocycles. The van der Waals surface area contributed by atoms with E-state index in [9.17, 15) is 32.3 Å². The Bertz CT molecular complexity index is 1980. The van der Waals surface area contributed by atoms with Crippen LogP contribution in [-0.4, -0.2) is 78.2 Å². The normalized spacial score (nSPS) is 13.4. The average molecular weight is 771 g/mol. The van der Waals surface area contributed by atoms with E-state index in [4.69, 9.17) is 25.8 Å². The zero-order valence-corrected chi connectivity index (χ0v) is 29.5. The van der Waals surface area contributed by atoms with E-state index in [1.54, 1.807) is 36.4 Å². The summed E-state index contributed by atoms with van der Waals surface area (Å²) < 4.78 is 53.6. The maximum atomic E-state index is 13.1. The van der Waals surface area contributed by atoms with Crippen LogP contribution in [-0.2, 0) is 24.7 Å². The van der Waals surface area contributed by atoms with Crippen LogP contribution in [0.4, 0.5) is 36.4 Å². The number of nitrogens with zero attached hydrogens (tertiary/aromatic N) is 3. The molecule has 19 heteroatoms. The first-order valence-electron chi connectivity index (χ1n) is 16.3. The molecule has 4 aromatic rings. The highest BCUT2D eigenvalue weighted by molar-refractivity contribution is 6.39. The fourth-order valence-corrected chi connectivity index (χ4v) is 5.20. The van der Waals surface area contributed by atoms with Gasteiger partial charge in [-0.25, -0.2) is 4.79 Å². The molecule has 3 aromatic carbocycles. The number of anilines is 4. The van der Waals surface area contributed by atoms with Gasteiger partial charge in [-0.2, -0.15) is 28.1 Å². The van der Waals surface area contributed by atoms with E-state index in [-0.39, 0.29) is 36.1 Å². The molecule has 0 radical (unpaired) electrons. The number of hydrogen-bond donors (Lipinski definition) is 5. The van der Waals surface area contributed by atoms with Crippen LogP contribution in [0, 0.1) is 0 Å². The lowest BCUT2D eigenvalue weighted by atomic mass is 10.1. The van der Waals surface area contributed by atoms with E-state index in [1.807, 2.05) is 12.1 Å². The van der Waals surface area contributed by atoms with Crippen LogP contribution < -0.4 is 36.1 Å². The molecular weight excluding hydrogens is 737 g/mol. The number of para-hydroxylation sites is 2. The van der Waals surface area contributed by atoms with Crippen LogP contribution in [0.1, 0.15) is 35.2 Å². The van der Waals surface area contributed by atoms with Crippen LogP contribution in [0.2, 0.25) is 5.02 Å². The van der Waals surface area contributed by atoms with Crippen molar-refractivity contribution < 1.29 is 46.6 Å². The summed E-state index contributed by atoms with van der Waals surface area (Å²) in [5.41, 5.74) is 1.09. The number of hydrogen-bond acceptors (Lipinski definition) is 12. The van der Waals surface area contributed by atoms with E-state index < -0.39 is 54.1 Å². The third kappa shape index (κ3) is 10.7. The van der Waals surface area contributed by atoms with Crippen LogP contribution in [0.25, 0.3) is 0 Å². The van der Waals surface area contributed by atoms with Crippen molar-refractivity contribution >= 4 is 58.6 Å². The largest absolute Gasteiger partial charge is 0.495 e. The fourth-order valence-electron chi connectivity index (χ4n) is 5.08. The Balaban J connectivity index is 1.21. The van der Waals surface area contributed by atoms with Gasteiger partial charge in [0.1, 0.15) is 11.8 Å². The minimum Gasteiger partial charge on any atom is -0.495 e. The Morgan fingerprint density at radius 1 is 0.889 bits per heavy atom. The first-order chi connectivity index (χ1) is 25.8. The van der Waals surface area contributed by atoms with Crippen molar-refractivity contribution in [2.45, 2.75) is 37.0 Å². The number of nitrogens with one attached hydrogen (secondary N) is 5. The van der Waals surface area contributed by atoms with Crippen molar-refractivity contribution in [3.05, 3.63) is 88.9 Å². The predicted octanol–water partition coefficient (Wildman–Crippen LogP) is 4.74. The Morgan fingerprint density at radius 3 is 2.22 bits per heavy atom. The summed E-state index contributed by atoms with van der Waals surface area (Å²) in [6, 6.07) is 17.6. The van der Waals surface area contributed by atoms with Crippen LogP contribution >= 0.6 is 11.6 Å². The summed E-state index contributed by atoms with van der Waals surface area (Å²) in [5.74, 6) is -3.22. The fraction of sp³-hybridized carbons (Fsp3) is 0.286. The van der Waals surface area contributed by atoms with Crippen molar-refractivity contribution in [1.29, 1.82) is 0 Å². The molecule has 284 valence electrons. The molecule has 1 saturated carbocycles. The molecule has 1 fully saturated rings. The third-order valence-corrected chi connectivity index (χ3v) is 8.20. The zero-order valence-electron chi connectivity index (χ0n) is 28.8. The molecule has 0 aliphatic heterocycles. The SMILES string of the molecule is COC(=O)[C@H](CCNC(=O)C(=O)Nc1ccccc1OC)NC(=O)c1ccc(Nc2nc(NC3(c4ccc(Cl)cc4)CC3)nc(OCC(F)(F)F)n2)cc1. The molecule has 0 bridgehead atoms. The Morgan fingerprint density at radius 2 is 1.57 bits per heavy atom. The molecule has 5 N–H and O–H groups in total. The van der Waals surface area contributed by atoms with Gasteiger partial charge in [-0.15, -0.1) is 0 Å². The molecule has 0 unspecified atom stereocenters.